The number of carbonyl (C=O) groups excluding carboxylic acids is 1. The first-order valence-corrected chi connectivity index (χ1v) is 7.72. The molecule has 0 unspecified atom stereocenters. The van der Waals surface area contributed by atoms with Crippen LogP contribution in [0.3, 0.4) is 0 Å². The minimum absolute atomic E-state index is 0.146. The zero-order valence-corrected chi connectivity index (χ0v) is 13.1. The fraction of sp³-hybridized carbons (Fsp3) is 0.529. The summed E-state index contributed by atoms with van der Waals surface area (Å²) in [6.07, 6.45) is 1.30. The third kappa shape index (κ3) is 4.55. The third-order valence-corrected chi connectivity index (χ3v) is 4.09. The van der Waals surface area contributed by atoms with Crippen molar-refractivity contribution in [1.29, 1.82) is 5.26 Å². The molecule has 5 nitrogen and oxygen atoms in total. The smallest absolute Gasteiger partial charge is 0.305 e. The summed E-state index contributed by atoms with van der Waals surface area (Å²) in [5.41, 5.74) is 1.06. The molecule has 1 aromatic rings. The average Bonchev–Trinajstić information content (AvgIpc) is 2.58. The van der Waals surface area contributed by atoms with Crippen LogP contribution in [0.1, 0.15) is 24.4 Å². The van der Waals surface area contributed by atoms with Crippen molar-refractivity contribution in [3.63, 3.8) is 0 Å². The molecule has 1 aromatic carbocycles. The standard InChI is InChI=1S/C17H23N3O2/c1-22-17(21)8-5-9-19-10-12-20(13-11-19)16(14-18)15-6-3-2-4-7-15/h2-4,6-7,16H,5,8-13H2,1H3/t16-/m1/s1. The van der Waals surface area contributed by atoms with Crippen LogP contribution in [0.4, 0.5) is 0 Å². The van der Waals surface area contributed by atoms with Gasteiger partial charge in [0.05, 0.1) is 13.2 Å². The van der Waals surface area contributed by atoms with Gasteiger partial charge in [-0.1, -0.05) is 30.3 Å². The first-order valence-electron chi connectivity index (χ1n) is 7.72. The molecule has 0 aromatic heterocycles. The number of nitriles is 1. The first-order chi connectivity index (χ1) is 10.7. The summed E-state index contributed by atoms with van der Waals surface area (Å²) in [5.74, 6) is -0.146. The summed E-state index contributed by atoms with van der Waals surface area (Å²) in [6, 6.07) is 12.2. The van der Waals surface area contributed by atoms with Crippen molar-refractivity contribution < 1.29 is 9.53 Å². The van der Waals surface area contributed by atoms with Gasteiger partial charge in [0.1, 0.15) is 6.04 Å². The molecule has 1 atom stereocenters. The van der Waals surface area contributed by atoms with Gasteiger partial charge >= 0.3 is 5.97 Å². The molecule has 0 radical (unpaired) electrons. The number of esters is 1. The van der Waals surface area contributed by atoms with E-state index in [-0.39, 0.29) is 12.0 Å². The van der Waals surface area contributed by atoms with E-state index in [9.17, 15) is 10.1 Å². The van der Waals surface area contributed by atoms with Gasteiger partial charge in [-0.3, -0.25) is 9.69 Å². The van der Waals surface area contributed by atoms with Crippen LogP contribution in [0, 0.1) is 11.3 Å². The lowest BCUT2D eigenvalue weighted by molar-refractivity contribution is -0.140. The van der Waals surface area contributed by atoms with Crippen LogP contribution < -0.4 is 0 Å². The van der Waals surface area contributed by atoms with Crippen LogP contribution in [-0.2, 0) is 9.53 Å². The summed E-state index contributed by atoms with van der Waals surface area (Å²) in [5, 5.41) is 9.47. The molecule has 0 saturated carbocycles. The van der Waals surface area contributed by atoms with Crippen molar-refractivity contribution in [2.45, 2.75) is 18.9 Å². The zero-order valence-electron chi connectivity index (χ0n) is 13.1. The highest BCUT2D eigenvalue weighted by molar-refractivity contribution is 5.69. The van der Waals surface area contributed by atoms with Gasteiger partial charge in [0.2, 0.25) is 0 Å². The number of hydrogen-bond donors (Lipinski definition) is 0. The normalized spacial score (nSPS) is 17.6. The molecule has 0 N–H and O–H groups in total. The number of benzene rings is 1. The van der Waals surface area contributed by atoms with E-state index in [0.717, 1.165) is 44.7 Å². The Morgan fingerprint density at radius 3 is 2.55 bits per heavy atom. The van der Waals surface area contributed by atoms with Crippen LogP contribution in [-0.4, -0.2) is 55.6 Å². The summed E-state index contributed by atoms with van der Waals surface area (Å²) in [4.78, 5) is 15.7. The monoisotopic (exact) mass is 301 g/mol. The Morgan fingerprint density at radius 2 is 1.95 bits per heavy atom. The van der Waals surface area contributed by atoms with Gasteiger partial charge in [0.15, 0.2) is 0 Å². The van der Waals surface area contributed by atoms with E-state index in [4.69, 9.17) is 0 Å². The first kappa shape index (κ1) is 16.5. The van der Waals surface area contributed by atoms with E-state index < -0.39 is 0 Å². The van der Waals surface area contributed by atoms with E-state index in [0.29, 0.717) is 6.42 Å². The Morgan fingerprint density at radius 1 is 1.27 bits per heavy atom. The van der Waals surface area contributed by atoms with Crippen LogP contribution >= 0.6 is 0 Å². The minimum Gasteiger partial charge on any atom is -0.469 e. The van der Waals surface area contributed by atoms with E-state index in [1.807, 2.05) is 30.3 Å². The molecule has 0 bridgehead atoms. The topological polar surface area (TPSA) is 56.6 Å². The lowest BCUT2D eigenvalue weighted by Crippen LogP contribution is -2.47. The zero-order chi connectivity index (χ0) is 15.8. The minimum atomic E-state index is -0.168. The molecular formula is C17H23N3O2. The van der Waals surface area contributed by atoms with Crippen LogP contribution in [0.15, 0.2) is 30.3 Å². The maximum absolute atomic E-state index is 11.1. The van der Waals surface area contributed by atoms with Crippen molar-refractivity contribution in [1.82, 2.24) is 9.80 Å². The number of carbonyl (C=O) groups is 1. The van der Waals surface area contributed by atoms with Crippen LogP contribution in [0.25, 0.3) is 0 Å². The molecule has 1 fully saturated rings. The molecular weight excluding hydrogens is 278 g/mol. The summed E-state index contributed by atoms with van der Waals surface area (Å²) >= 11 is 0. The van der Waals surface area contributed by atoms with Gasteiger partial charge < -0.3 is 9.64 Å². The number of methoxy groups -OCH3 is 1. The predicted molar refractivity (Wildman–Crippen MR) is 84.1 cm³/mol. The van der Waals surface area contributed by atoms with Crippen molar-refractivity contribution >= 4 is 5.97 Å². The molecule has 1 heterocycles. The van der Waals surface area contributed by atoms with Crippen molar-refractivity contribution in [2.75, 3.05) is 39.8 Å². The molecule has 5 heteroatoms. The predicted octanol–water partition coefficient (Wildman–Crippen LogP) is 1.82. The van der Waals surface area contributed by atoms with E-state index in [1.54, 1.807) is 0 Å². The molecule has 1 aliphatic rings. The molecule has 22 heavy (non-hydrogen) atoms. The number of ether oxygens (including phenoxy) is 1. The van der Waals surface area contributed by atoms with E-state index >= 15 is 0 Å². The Kier molecular flexibility index (Phi) is 6.38. The molecule has 1 aliphatic heterocycles. The number of nitrogens with zero attached hydrogens (tertiary/aromatic N) is 3. The van der Waals surface area contributed by atoms with Gasteiger partial charge in [-0.2, -0.15) is 5.26 Å². The average molecular weight is 301 g/mol. The van der Waals surface area contributed by atoms with Crippen LogP contribution in [0.5, 0.6) is 0 Å². The molecule has 2 rings (SSSR count). The fourth-order valence-corrected chi connectivity index (χ4v) is 2.80. The maximum atomic E-state index is 11.1. The van der Waals surface area contributed by atoms with Gasteiger partial charge in [0, 0.05) is 32.6 Å². The molecule has 0 spiro atoms. The molecule has 118 valence electrons. The Bertz CT molecular complexity index is 504. The van der Waals surface area contributed by atoms with Crippen molar-refractivity contribution in [3.05, 3.63) is 35.9 Å². The summed E-state index contributed by atoms with van der Waals surface area (Å²) < 4.78 is 4.65. The summed E-state index contributed by atoms with van der Waals surface area (Å²) in [6.45, 7) is 4.54. The van der Waals surface area contributed by atoms with Crippen LogP contribution in [0.2, 0.25) is 0 Å². The van der Waals surface area contributed by atoms with E-state index in [1.165, 1.54) is 7.11 Å². The Balaban J connectivity index is 1.79. The van der Waals surface area contributed by atoms with Gasteiger partial charge in [-0.25, -0.2) is 0 Å². The second kappa shape index (κ2) is 8.52. The lowest BCUT2D eigenvalue weighted by atomic mass is 10.1. The SMILES string of the molecule is COC(=O)CCCN1CCN([C@H](C#N)c2ccccc2)CC1. The quantitative estimate of drug-likeness (QED) is 0.750. The van der Waals surface area contributed by atoms with Crippen molar-refractivity contribution in [2.24, 2.45) is 0 Å². The second-order valence-corrected chi connectivity index (χ2v) is 5.50. The number of piperazine rings is 1. The molecule has 1 saturated heterocycles. The second-order valence-electron chi connectivity index (χ2n) is 5.50. The summed E-state index contributed by atoms with van der Waals surface area (Å²) in [7, 11) is 1.42. The van der Waals surface area contributed by atoms with Crippen molar-refractivity contribution in [3.8, 4) is 6.07 Å². The van der Waals surface area contributed by atoms with Gasteiger partial charge in [-0.05, 0) is 18.5 Å². The Labute approximate surface area is 132 Å². The Hall–Kier alpha value is -1.90. The highest BCUT2D eigenvalue weighted by atomic mass is 16.5. The van der Waals surface area contributed by atoms with E-state index in [2.05, 4.69) is 20.6 Å². The lowest BCUT2D eigenvalue weighted by Gasteiger charge is -2.37. The fourth-order valence-electron chi connectivity index (χ4n) is 2.80. The molecule has 0 amide bonds. The third-order valence-electron chi connectivity index (χ3n) is 4.09. The maximum Gasteiger partial charge on any atom is 0.305 e. The highest BCUT2D eigenvalue weighted by Gasteiger charge is 2.24. The number of rotatable bonds is 6. The molecule has 0 aliphatic carbocycles. The number of hydrogen-bond acceptors (Lipinski definition) is 5. The van der Waals surface area contributed by atoms with Gasteiger partial charge in [0.25, 0.3) is 0 Å². The van der Waals surface area contributed by atoms with Gasteiger partial charge in [-0.15, -0.1) is 0 Å². The largest absolute Gasteiger partial charge is 0.469 e. The highest BCUT2D eigenvalue weighted by Crippen LogP contribution is 2.21.